The molecule has 0 amide bonds. The van der Waals surface area contributed by atoms with E-state index in [0.717, 1.165) is 5.57 Å². The maximum atomic E-state index is 14.3. The monoisotopic (exact) mass is 715 g/mol. The molecule has 17 unspecified atom stereocenters. The molecule has 3 saturated heterocycles. The molecule has 0 saturated carbocycles. The van der Waals surface area contributed by atoms with Crippen LogP contribution in [-0.4, -0.2) is 137 Å². The molecule has 0 aromatic rings. The van der Waals surface area contributed by atoms with E-state index in [-0.39, 0.29) is 25.0 Å². The summed E-state index contributed by atoms with van der Waals surface area (Å²) in [7, 11) is 5.35. The molecule has 4 N–H and O–H groups in total. The van der Waals surface area contributed by atoms with Gasteiger partial charge in [0.2, 0.25) is 0 Å². The van der Waals surface area contributed by atoms with E-state index in [2.05, 4.69) is 0 Å². The quantitative estimate of drug-likeness (QED) is 0.258. The molecule has 50 heavy (non-hydrogen) atoms. The van der Waals surface area contributed by atoms with Crippen molar-refractivity contribution in [1.29, 1.82) is 0 Å². The molecular formula is C37H65NO12. The maximum Gasteiger partial charge on any atom is 0.311 e. The number of aliphatic hydroxyl groups excluding tert-OH is 3. The van der Waals surface area contributed by atoms with Crippen LogP contribution in [0.5, 0.6) is 0 Å². The Hall–Kier alpha value is -1.39. The molecule has 2 bridgehead atoms. The first kappa shape index (κ1) is 41.4. The Labute approximate surface area is 298 Å². The van der Waals surface area contributed by atoms with Gasteiger partial charge in [0, 0.05) is 31.9 Å². The van der Waals surface area contributed by atoms with Crippen LogP contribution in [0, 0.1) is 17.8 Å². The lowest BCUT2D eigenvalue weighted by atomic mass is 9.78. The molecule has 0 aromatic carbocycles. The standard InChI is InChI=1S/C37H65NO12/c1-14-25(39)37(10,43)32-20(4)28-18(2)16-36(9,50-28)31(49-34-27(40)24(38(11)12)15-19(3)45-34)21(5)29(22(6)33(42)48-32)47-26-17-35(8,44-13)30(41)23(7)46-26/h19-27,29-32,34,39-41,43H,14-17H2,1-13H3. The molecule has 0 aromatic heterocycles. The van der Waals surface area contributed by atoms with Crippen molar-refractivity contribution in [1.82, 2.24) is 4.90 Å². The number of hydrogen-bond acceptors (Lipinski definition) is 13. The van der Waals surface area contributed by atoms with Crippen molar-refractivity contribution in [3.8, 4) is 0 Å². The second-order valence-corrected chi connectivity index (χ2v) is 16.3. The molecule has 4 heterocycles. The molecule has 4 rings (SSSR count). The summed E-state index contributed by atoms with van der Waals surface area (Å²) in [5.74, 6) is -2.26. The van der Waals surface area contributed by atoms with Gasteiger partial charge < -0.3 is 58.5 Å². The molecule has 0 radical (unpaired) electrons. The topological polar surface area (TPSA) is 166 Å². The summed E-state index contributed by atoms with van der Waals surface area (Å²) in [5, 5.41) is 45.2. The summed E-state index contributed by atoms with van der Waals surface area (Å²) in [6.07, 6.45) is -7.24. The predicted molar refractivity (Wildman–Crippen MR) is 184 cm³/mol. The number of rotatable bonds is 9. The largest absolute Gasteiger partial charge is 0.488 e. The van der Waals surface area contributed by atoms with Gasteiger partial charge in [0.25, 0.3) is 0 Å². The van der Waals surface area contributed by atoms with Crippen LogP contribution in [0.3, 0.4) is 0 Å². The lowest BCUT2D eigenvalue weighted by Gasteiger charge is -2.48. The van der Waals surface area contributed by atoms with Crippen molar-refractivity contribution in [2.75, 3.05) is 21.2 Å². The lowest BCUT2D eigenvalue weighted by Crippen LogP contribution is -2.60. The zero-order valence-electron chi connectivity index (χ0n) is 32.4. The Kier molecular flexibility index (Phi) is 12.8. The number of esters is 1. The third kappa shape index (κ3) is 7.93. The molecule has 13 nitrogen and oxygen atoms in total. The van der Waals surface area contributed by atoms with Crippen LogP contribution in [-0.2, 0) is 38.0 Å². The van der Waals surface area contributed by atoms with E-state index in [4.69, 9.17) is 33.2 Å². The van der Waals surface area contributed by atoms with E-state index < -0.39 is 95.8 Å². The molecule has 4 aliphatic heterocycles. The number of fused-ring (bicyclic) bond motifs is 2. The summed E-state index contributed by atoms with van der Waals surface area (Å²) in [6, 6.07) is -0.223. The number of hydrogen-bond donors (Lipinski definition) is 4. The number of aliphatic hydroxyl groups is 4. The van der Waals surface area contributed by atoms with Crippen LogP contribution in [0.1, 0.15) is 94.9 Å². The van der Waals surface area contributed by atoms with Crippen LogP contribution in [0.25, 0.3) is 0 Å². The zero-order chi connectivity index (χ0) is 37.7. The Bertz CT molecular complexity index is 1210. The first-order valence-corrected chi connectivity index (χ1v) is 18.3. The number of methoxy groups -OCH3 is 1. The first-order chi connectivity index (χ1) is 23.1. The smallest absolute Gasteiger partial charge is 0.311 e. The van der Waals surface area contributed by atoms with E-state index >= 15 is 0 Å². The predicted octanol–water partition coefficient (Wildman–Crippen LogP) is 2.89. The average Bonchev–Trinajstić information content (AvgIpc) is 3.36. The number of carbonyl (C=O) groups is 1. The minimum atomic E-state index is -1.82. The van der Waals surface area contributed by atoms with Gasteiger partial charge >= 0.3 is 5.97 Å². The summed E-state index contributed by atoms with van der Waals surface area (Å²) in [5.41, 5.74) is -2.95. The fourth-order valence-corrected chi connectivity index (χ4v) is 8.73. The van der Waals surface area contributed by atoms with Crippen molar-refractivity contribution in [3.05, 3.63) is 11.3 Å². The van der Waals surface area contributed by atoms with Gasteiger partial charge in [0.1, 0.15) is 41.4 Å². The third-order valence-electron chi connectivity index (χ3n) is 11.9. The molecule has 290 valence electrons. The van der Waals surface area contributed by atoms with Crippen LogP contribution < -0.4 is 0 Å². The number of ether oxygens (including phenoxy) is 7. The van der Waals surface area contributed by atoms with Crippen LogP contribution in [0.2, 0.25) is 0 Å². The highest BCUT2D eigenvalue weighted by molar-refractivity contribution is 5.73. The fourth-order valence-electron chi connectivity index (χ4n) is 8.73. The van der Waals surface area contributed by atoms with Gasteiger partial charge in [-0.3, -0.25) is 4.79 Å². The molecule has 0 spiro atoms. The highest BCUT2D eigenvalue weighted by Gasteiger charge is 2.57. The normalized spacial score (nSPS) is 46.5. The number of carbonyl (C=O) groups excluding carboxylic acids is 1. The number of nitrogens with zero attached hydrogens (tertiary/aromatic N) is 1. The van der Waals surface area contributed by atoms with Crippen LogP contribution in [0.15, 0.2) is 11.3 Å². The molecule has 0 aliphatic carbocycles. The number of cyclic esters (lactones) is 1. The van der Waals surface area contributed by atoms with Crippen molar-refractivity contribution in [3.63, 3.8) is 0 Å². The maximum absolute atomic E-state index is 14.3. The average molecular weight is 716 g/mol. The Morgan fingerprint density at radius 1 is 1.06 bits per heavy atom. The zero-order valence-corrected chi connectivity index (χ0v) is 32.4. The molecule has 3 fully saturated rings. The van der Waals surface area contributed by atoms with Crippen LogP contribution >= 0.6 is 0 Å². The lowest BCUT2D eigenvalue weighted by molar-refractivity contribution is -0.316. The highest BCUT2D eigenvalue weighted by Crippen LogP contribution is 2.48. The third-order valence-corrected chi connectivity index (χ3v) is 11.9. The van der Waals surface area contributed by atoms with Crippen molar-refractivity contribution in [2.24, 2.45) is 17.8 Å². The SMILES string of the molecule is CCC(O)C(C)(O)C1OC(=O)C(C)C(OC2CC(C)(OC)C(O)C(C)O2)C(C)C(OC2OC(C)CC(N(C)C)C2O)C2(C)CC(C)=C(O2)C1C. The van der Waals surface area contributed by atoms with E-state index in [1.54, 1.807) is 27.7 Å². The van der Waals surface area contributed by atoms with E-state index in [9.17, 15) is 25.2 Å². The van der Waals surface area contributed by atoms with Gasteiger partial charge in [0.05, 0.1) is 41.9 Å². The summed E-state index contributed by atoms with van der Waals surface area (Å²) in [4.78, 5) is 16.2. The fraction of sp³-hybridized carbons (Fsp3) is 0.919. The van der Waals surface area contributed by atoms with Gasteiger partial charge in [0.15, 0.2) is 12.6 Å². The first-order valence-electron chi connectivity index (χ1n) is 18.3. The Morgan fingerprint density at radius 2 is 1.70 bits per heavy atom. The highest BCUT2D eigenvalue weighted by atomic mass is 16.7. The molecule has 13 heteroatoms. The minimum absolute atomic E-state index is 0.174. The minimum Gasteiger partial charge on any atom is -0.488 e. The van der Waals surface area contributed by atoms with E-state index in [1.807, 2.05) is 53.6 Å². The van der Waals surface area contributed by atoms with E-state index in [0.29, 0.717) is 18.6 Å². The van der Waals surface area contributed by atoms with Gasteiger partial charge in [-0.2, -0.15) is 0 Å². The second kappa shape index (κ2) is 15.5. The second-order valence-electron chi connectivity index (χ2n) is 16.3. The van der Waals surface area contributed by atoms with Gasteiger partial charge in [-0.25, -0.2) is 0 Å². The summed E-state index contributed by atoms with van der Waals surface area (Å²) >= 11 is 0. The van der Waals surface area contributed by atoms with Crippen molar-refractivity contribution >= 4 is 5.97 Å². The van der Waals surface area contributed by atoms with Gasteiger partial charge in [-0.1, -0.05) is 20.8 Å². The molecule has 17 atom stereocenters. The van der Waals surface area contributed by atoms with Crippen LogP contribution in [0.4, 0.5) is 0 Å². The number of likely N-dealkylation sites (N-methyl/N-ethyl adjacent to an activating group) is 1. The van der Waals surface area contributed by atoms with Crippen molar-refractivity contribution < 1.29 is 58.4 Å². The summed E-state index contributed by atoms with van der Waals surface area (Å²) in [6.45, 7) is 18.0. The molecular weight excluding hydrogens is 650 g/mol. The Balaban J connectivity index is 1.83. The van der Waals surface area contributed by atoms with Gasteiger partial charge in [-0.15, -0.1) is 0 Å². The summed E-state index contributed by atoms with van der Waals surface area (Å²) < 4.78 is 44.8. The molecule has 4 aliphatic rings. The van der Waals surface area contributed by atoms with Crippen molar-refractivity contribution in [2.45, 2.75) is 179 Å². The Morgan fingerprint density at radius 3 is 2.28 bits per heavy atom. The van der Waals surface area contributed by atoms with Gasteiger partial charge in [-0.05, 0) is 81.0 Å². The van der Waals surface area contributed by atoms with E-state index in [1.165, 1.54) is 14.0 Å².